The molecule has 3 rings (SSSR count). The predicted molar refractivity (Wildman–Crippen MR) is 102 cm³/mol. The molecule has 7 heteroatoms. The number of nitrogens with zero attached hydrogens (tertiary/aromatic N) is 2. The van der Waals surface area contributed by atoms with Crippen LogP contribution < -0.4 is 0 Å². The third-order valence-electron chi connectivity index (χ3n) is 4.91. The van der Waals surface area contributed by atoms with Gasteiger partial charge in [-0.05, 0) is 39.1 Å². The molecule has 1 aromatic heterocycles. The number of furan rings is 1. The molecule has 0 unspecified atom stereocenters. The van der Waals surface area contributed by atoms with E-state index in [4.69, 9.17) is 4.42 Å². The molecule has 0 radical (unpaired) electrons. The molecule has 1 aliphatic heterocycles. The first-order valence-corrected chi connectivity index (χ1v) is 10.7. The number of aryl methyl sites for hydroxylation is 1. The number of carbonyl (C=O) groups excluding carboxylic acids is 1. The highest BCUT2D eigenvalue weighted by atomic mass is 32.2. The quantitative estimate of drug-likeness (QED) is 0.767. The molecule has 6 nitrogen and oxygen atoms in total. The van der Waals surface area contributed by atoms with Crippen LogP contribution in [0.3, 0.4) is 0 Å². The summed E-state index contributed by atoms with van der Waals surface area (Å²) in [6, 6.07) is 5.70. The van der Waals surface area contributed by atoms with E-state index in [-0.39, 0.29) is 29.9 Å². The van der Waals surface area contributed by atoms with Crippen molar-refractivity contribution in [1.82, 2.24) is 9.80 Å². The number of sulfone groups is 1. The van der Waals surface area contributed by atoms with Crippen LogP contribution in [0.15, 0.2) is 28.9 Å². The fourth-order valence-corrected chi connectivity index (χ4v) is 5.16. The van der Waals surface area contributed by atoms with Crippen LogP contribution in [0.5, 0.6) is 0 Å². The monoisotopic (exact) mass is 378 g/mol. The summed E-state index contributed by atoms with van der Waals surface area (Å²) >= 11 is 0. The zero-order valence-corrected chi connectivity index (χ0v) is 16.4. The van der Waals surface area contributed by atoms with Crippen LogP contribution in [0.2, 0.25) is 0 Å². The molecule has 1 saturated heterocycles. The predicted octanol–water partition coefficient (Wildman–Crippen LogP) is 1.86. The van der Waals surface area contributed by atoms with Crippen molar-refractivity contribution in [1.29, 1.82) is 0 Å². The summed E-state index contributed by atoms with van der Waals surface area (Å²) in [6.07, 6.45) is 2.38. The highest BCUT2D eigenvalue weighted by Crippen LogP contribution is 2.24. The van der Waals surface area contributed by atoms with Gasteiger partial charge in [-0.15, -0.1) is 0 Å². The van der Waals surface area contributed by atoms with Crippen LogP contribution in [0.25, 0.3) is 11.0 Å². The first kappa shape index (κ1) is 18.9. The number of amides is 1. The highest BCUT2D eigenvalue weighted by molar-refractivity contribution is 7.91. The van der Waals surface area contributed by atoms with Crippen molar-refractivity contribution in [2.45, 2.75) is 25.8 Å². The molecule has 1 fully saturated rings. The lowest BCUT2D eigenvalue weighted by molar-refractivity contribution is -0.132. The fraction of sp³-hybridized carbons (Fsp3) is 0.526. The second kappa shape index (κ2) is 7.40. The maximum absolute atomic E-state index is 13.0. The van der Waals surface area contributed by atoms with Gasteiger partial charge < -0.3 is 14.2 Å². The van der Waals surface area contributed by atoms with E-state index in [0.717, 1.165) is 22.1 Å². The van der Waals surface area contributed by atoms with E-state index < -0.39 is 9.84 Å². The van der Waals surface area contributed by atoms with E-state index >= 15 is 0 Å². The van der Waals surface area contributed by atoms with Gasteiger partial charge in [0.1, 0.15) is 5.58 Å². The Labute approximate surface area is 154 Å². The van der Waals surface area contributed by atoms with Crippen LogP contribution in [-0.2, 0) is 21.1 Å². The average Bonchev–Trinajstić information content (AvgIpc) is 3.10. The Kier molecular flexibility index (Phi) is 5.39. The molecular formula is C19H26N2O4S. The molecule has 0 N–H and O–H groups in total. The second-order valence-corrected chi connectivity index (χ2v) is 9.61. The number of benzene rings is 1. The van der Waals surface area contributed by atoms with E-state index in [0.29, 0.717) is 19.5 Å². The summed E-state index contributed by atoms with van der Waals surface area (Å²) < 4.78 is 29.3. The molecule has 2 heterocycles. The van der Waals surface area contributed by atoms with Gasteiger partial charge in [0.05, 0.1) is 24.2 Å². The highest BCUT2D eigenvalue weighted by Gasteiger charge is 2.34. The minimum atomic E-state index is -3.04. The maximum atomic E-state index is 13.0. The average molecular weight is 378 g/mol. The fourth-order valence-electron chi connectivity index (χ4n) is 3.43. The van der Waals surface area contributed by atoms with E-state index in [2.05, 4.69) is 0 Å². The van der Waals surface area contributed by atoms with Crippen LogP contribution in [-0.4, -0.2) is 68.9 Å². The van der Waals surface area contributed by atoms with Crippen molar-refractivity contribution in [2.24, 2.45) is 0 Å². The van der Waals surface area contributed by atoms with Crippen molar-refractivity contribution >= 4 is 26.7 Å². The summed E-state index contributed by atoms with van der Waals surface area (Å²) in [5.74, 6) is 0.187. The molecule has 1 aliphatic rings. The number of fused-ring (bicyclic) bond motifs is 1. The lowest BCUT2D eigenvalue weighted by atomic mass is 10.1. The normalized spacial score (nSPS) is 19.3. The zero-order valence-electron chi connectivity index (χ0n) is 15.6. The summed E-state index contributed by atoms with van der Waals surface area (Å²) in [7, 11) is 0.849. The molecule has 0 bridgehead atoms. The summed E-state index contributed by atoms with van der Waals surface area (Å²) in [4.78, 5) is 16.8. The SMILES string of the molecule is Cc1ccc2c(CC(=O)N(CCN(C)C)[C@H]3CCS(=O)(=O)C3)coc2c1. The van der Waals surface area contributed by atoms with Gasteiger partial charge in [-0.25, -0.2) is 8.42 Å². The van der Waals surface area contributed by atoms with Crippen molar-refractivity contribution in [3.8, 4) is 0 Å². The van der Waals surface area contributed by atoms with E-state index in [1.54, 1.807) is 11.2 Å². The Balaban J connectivity index is 1.79. The largest absolute Gasteiger partial charge is 0.464 e. The van der Waals surface area contributed by atoms with Crippen molar-refractivity contribution < 1.29 is 17.6 Å². The Morgan fingerprint density at radius 3 is 2.69 bits per heavy atom. The zero-order chi connectivity index (χ0) is 18.9. The number of likely N-dealkylation sites (N-methyl/N-ethyl adjacent to an activating group) is 1. The lowest BCUT2D eigenvalue weighted by Crippen LogP contribution is -2.45. The second-order valence-electron chi connectivity index (χ2n) is 7.38. The summed E-state index contributed by atoms with van der Waals surface area (Å²) in [5, 5.41) is 0.940. The van der Waals surface area contributed by atoms with Crippen molar-refractivity contribution in [3.63, 3.8) is 0 Å². The van der Waals surface area contributed by atoms with Gasteiger partial charge in [0.25, 0.3) is 0 Å². The minimum Gasteiger partial charge on any atom is -0.464 e. The smallest absolute Gasteiger partial charge is 0.227 e. The molecular weight excluding hydrogens is 352 g/mol. The van der Waals surface area contributed by atoms with Gasteiger partial charge in [-0.2, -0.15) is 0 Å². The number of carbonyl (C=O) groups is 1. The first-order chi connectivity index (χ1) is 12.2. The molecule has 0 spiro atoms. The number of hydrogen-bond acceptors (Lipinski definition) is 5. The van der Waals surface area contributed by atoms with Crippen LogP contribution in [0.4, 0.5) is 0 Å². The van der Waals surface area contributed by atoms with Crippen LogP contribution in [0.1, 0.15) is 17.5 Å². The van der Waals surface area contributed by atoms with Crippen LogP contribution >= 0.6 is 0 Å². The molecule has 2 aromatic rings. The van der Waals surface area contributed by atoms with Crippen LogP contribution in [0, 0.1) is 6.92 Å². The maximum Gasteiger partial charge on any atom is 0.227 e. The van der Waals surface area contributed by atoms with Crippen molar-refractivity contribution in [3.05, 3.63) is 35.6 Å². The number of rotatable bonds is 6. The topological polar surface area (TPSA) is 70.8 Å². The first-order valence-electron chi connectivity index (χ1n) is 8.86. The molecule has 1 aromatic carbocycles. The lowest BCUT2D eigenvalue weighted by Gasteiger charge is -2.29. The van der Waals surface area contributed by atoms with Gasteiger partial charge in [0.15, 0.2) is 9.84 Å². The summed E-state index contributed by atoms with van der Waals surface area (Å²) in [5.41, 5.74) is 2.73. The standard InChI is InChI=1S/C19H26N2O4S/c1-14-4-5-17-15(12-25-18(17)10-14)11-19(22)21(8-7-20(2)3)16-6-9-26(23,24)13-16/h4-5,10,12,16H,6-9,11,13H2,1-3H3/t16-/m0/s1. The Bertz CT molecular complexity index is 901. The molecule has 26 heavy (non-hydrogen) atoms. The van der Waals surface area contributed by atoms with Gasteiger partial charge in [0.2, 0.25) is 5.91 Å². The van der Waals surface area contributed by atoms with Gasteiger partial charge >= 0.3 is 0 Å². The molecule has 1 atom stereocenters. The molecule has 1 amide bonds. The van der Waals surface area contributed by atoms with E-state index in [1.807, 2.05) is 44.1 Å². The van der Waals surface area contributed by atoms with Gasteiger partial charge in [-0.1, -0.05) is 12.1 Å². The Morgan fingerprint density at radius 1 is 1.27 bits per heavy atom. The van der Waals surface area contributed by atoms with E-state index in [9.17, 15) is 13.2 Å². The Hall–Kier alpha value is -1.86. The molecule has 142 valence electrons. The van der Waals surface area contributed by atoms with Gasteiger partial charge in [0, 0.05) is 30.1 Å². The third-order valence-corrected chi connectivity index (χ3v) is 6.66. The number of hydrogen-bond donors (Lipinski definition) is 0. The molecule has 0 saturated carbocycles. The van der Waals surface area contributed by atoms with Gasteiger partial charge in [-0.3, -0.25) is 4.79 Å². The third kappa shape index (κ3) is 4.27. The Morgan fingerprint density at radius 2 is 2.04 bits per heavy atom. The van der Waals surface area contributed by atoms with E-state index in [1.165, 1.54) is 0 Å². The molecule has 0 aliphatic carbocycles. The van der Waals surface area contributed by atoms with Crippen molar-refractivity contribution in [2.75, 3.05) is 38.7 Å². The summed E-state index contributed by atoms with van der Waals surface area (Å²) in [6.45, 7) is 3.23. The minimum absolute atomic E-state index is 0.0442.